The van der Waals surface area contributed by atoms with Gasteiger partial charge in [-0.15, -0.1) is 0 Å². The van der Waals surface area contributed by atoms with Gasteiger partial charge < -0.3 is 4.74 Å². The average molecular weight is 276 g/mol. The molecule has 0 aliphatic carbocycles. The van der Waals surface area contributed by atoms with Gasteiger partial charge in [0, 0.05) is 11.1 Å². The van der Waals surface area contributed by atoms with Gasteiger partial charge in [-0.1, -0.05) is 42.5 Å². The zero-order chi connectivity index (χ0) is 14.8. The van der Waals surface area contributed by atoms with Crippen LogP contribution < -0.4 is 0 Å². The summed E-state index contributed by atoms with van der Waals surface area (Å²) in [6.45, 7) is 1.05. The molecule has 2 rings (SSSR count). The van der Waals surface area contributed by atoms with Crippen molar-refractivity contribution in [3.05, 3.63) is 59.9 Å². The number of carbonyl (C=O) groups excluding carboxylic acids is 1. The van der Waals surface area contributed by atoms with Gasteiger partial charge in [-0.25, -0.2) is 13.6 Å². The van der Waals surface area contributed by atoms with Crippen LogP contribution in [0.3, 0.4) is 0 Å². The minimum Gasteiger partial charge on any atom is -0.466 e. The van der Waals surface area contributed by atoms with Gasteiger partial charge in [-0.05, 0) is 18.6 Å². The highest BCUT2D eigenvalue weighted by atomic mass is 19.1. The van der Waals surface area contributed by atoms with E-state index >= 15 is 0 Å². The molecule has 0 saturated heterocycles. The first-order valence-corrected chi connectivity index (χ1v) is 6.09. The molecule has 4 heteroatoms. The van der Waals surface area contributed by atoms with E-state index < -0.39 is 17.5 Å². The minimum atomic E-state index is -2.37. The molecule has 0 aliphatic rings. The molecule has 0 radical (unpaired) electrons. The van der Waals surface area contributed by atoms with Crippen molar-refractivity contribution in [2.24, 2.45) is 0 Å². The Morgan fingerprint density at radius 3 is 2.35 bits per heavy atom. The molecule has 2 nitrogen and oxygen atoms in total. The van der Waals surface area contributed by atoms with Gasteiger partial charge in [0.2, 0.25) is 5.67 Å². The molecule has 0 aromatic heterocycles. The van der Waals surface area contributed by atoms with Crippen molar-refractivity contribution in [1.29, 1.82) is 0 Å². The number of hydrogen-bond acceptors (Lipinski definition) is 2. The standard InChI is InChI=1S/C16H14F2O2/c1-16(18,15(19)20-2)12-8-9-13(14(17)10-12)11-6-4-3-5-7-11/h3-10H,1-2H3. The predicted octanol–water partition coefficient (Wildman–Crippen LogP) is 3.85. The fourth-order valence-corrected chi connectivity index (χ4v) is 1.97. The first-order chi connectivity index (χ1) is 9.46. The van der Waals surface area contributed by atoms with Crippen molar-refractivity contribution in [3.63, 3.8) is 0 Å². The van der Waals surface area contributed by atoms with Crippen LogP contribution in [-0.2, 0) is 15.2 Å². The summed E-state index contributed by atoms with van der Waals surface area (Å²) in [7, 11) is 1.09. The number of carbonyl (C=O) groups is 1. The number of halogens is 2. The minimum absolute atomic E-state index is 0.0680. The SMILES string of the molecule is COC(=O)C(C)(F)c1ccc(-c2ccccc2)c(F)c1. The molecule has 0 amide bonds. The first kappa shape index (κ1) is 14.2. The van der Waals surface area contributed by atoms with Gasteiger partial charge in [0.25, 0.3) is 0 Å². The summed E-state index contributed by atoms with van der Waals surface area (Å²) in [4.78, 5) is 11.4. The molecule has 2 aromatic rings. The highest BCUT2D eigenvalue weighted by molar-refractivity contribution is 5.81. The Morgan fingerprint density at radius 1 is 1.15 bits per heavy atom. The smallest absolute Gasteiger partial charge is 0.348 e. The highest BCUT2D eigenvalue weighted by Gasteiger charge is 2.36. The lowest BCUT2D eigenvalue weighted by Gasteiger charge is -2.18. The van der Waals surface area contributed by atoms with E-state index in [1.807, 2.05) is 6.07 Å². The third kappa shape index (κ3) is 2.54. The number of rotatable bonds is 3. The Labute approximate surface area is 116 Å². The van der Waals surface area contributed by atoms with Crippen molar-refractivity contribution in [1.82, 2.24) is 0 Å². The summed E-state index contributed by atoms with van der Waals surface area (Å²) in [6, 6.07) is 12.8. The lowest BCUT2D eigenvalue weighted by atomic mass is 9.95. The van der Waals surface area contributed by atoms with Gasteiger partial charge in [0.1, 0.15) is 5.82 Å². The van der Waals surface area contributed by atoms with Crippen LogP contribution in [0.2, 0.25) is 0 Å². The zero-order valence-corrected chi connectivity index (χ0v) is 11.2. The molecule has 1 atom stereocenters. The number of methoxy groups -OCH3 is 1. The summed E-state index contributed by atoms with van der Waals surface area (Å²) in [5, 5.41) is 0. The maximum atomic E-state index is 14.3. The maximum Gasteiger partial charge on any atom is 0.348 e. The van der Waals surface area contributed by atoms with Crippen LogP contribution in [-0.4, -0.2) is 13.1 Å². The third-order valence-electron chi connectivity index (χ3n) is 3.16. The first-order valence-electron chi connectivity index (χ1n) is 6.09. The lowest BCUT2D eigenvalue weighted by Crippen LogP contribution is -2.28. The Bertz CT molecular complexity index is 622. The summed E-state index contributed by atoms with van der Waals surface area (Å²) in [5.41, 5.74) is -1.39. The Morgan fingerprint density at radius 2 is 1.80 bits per heavy atom. The second-order valence-corrected chi connectivity index (χ2v) is 4.56. The summed E-state index contributed by atoms with van der Waals surface area (Å²) in [6.07, 6.45) is 0. The van der Waals surface area contributed by atoms with Crippen LogP contribution >= 0.6 is 0 Å². The van der Waals surface area contributed by atoms with Crippen molar-refractivity contribution in [2.75, 3.05) is 7.11 Å². The zero-order valence-electron chi connectivity index (χ0n) is 11.2. The summed E-state index contributed by atoms with van der Waals surface area (Å²) in [5.74, 6) is -1.63. The predicted molar refractivity (Wildman–Crippen MR) is 72.3 cm³/mol. The quantitative estimate of drug-likeness (QED) is 0.796. The molecule has 0 spiro atoms. The molecular formula is C16H14F2O2. The molecule has 0 heterocycles. The monoisotopic (exact) mass is 276 g/mol. The van der Waals surface area contributed by atoms with E-state index in [1.165, 1.54) is 12.1 Å². The lowest BCUT2D eigenvalue weighted by molar-refractivity contribution is -0.154. The second kappa shape index (κ2) is 5.41. The van der Waals surface area contributed by atoms with Gasteiger partial charge >= 0.3 is 5.97 Å². The van der Waals surface area contributed by atoms with Gasteiger partial charge in [0.05, 0.1) is 7.11 Å². The molecule has 20 heavy (non-hydrogen) atoms. The van der Waals surface area contributed by atoms with E-state index in [4.69, 9.17) is 0 Å². The molecule has 1 unspecified atom stereocenters. The highest BCUT2D eigenvalue weighted by Crippen LogP contribution is 2.31. The van der Waals surface area contributed by atoms with Crippen molar-refractivity contribution in [3.8, 4) is 11.1 Å². The fraction of sp³-hybridized carbons (Fsp3) is 0.188. The molecule has 0 aliphatic heterocycles. The van der Waals surface area contributed by atoms with Crippen LogP contribution in [0.25, 0.3) is 11.1 Å². The Kier molecular flexibility index (Phi) is 3.84. The van der Waals surface area contributed by atoms with Crippen LogP contribution in [0.1, 0.15) is 12.5 Å². The Hall–Kier alpha value is -2.23. The summed E-state index contributed by atoms with van der Waals surface area (Å²) < 4.78 is 32.8. The van der Waals surface area contributed by atoms with E-state index in [2.05, 4.69) is 4.74 Å². The number of benzene rings is 2. The third-order valence-corrected chi connectivity index (χ3v) is 3.16. The molecular weight excluding hydrogens is 262 g/mol. The molecule has 104 valence electrons. The normalized spacial score (nSPS) is 13.6. The van der Waals surface area contributed by atoms with Crippen LogP contribution in [0.5, 0.6) is 0 Å². The number of alkyl halides is 1. The molecule has 2 aromatic carbocycles. The van der Waals surface area contributed by atoms with E-state index in [0.717, 1.165) is 20.1 Å². The molecule has 0 bridgehead atoms. The van der Waals surface area contributed by atoms with Gasteiger partial charge in [0.15, 0.2) is 0 Å². The molecule has 0 N–H and O–H groups in total. The fourth-order valence-electron chi connectivity index (χ4n) is 1.97. The summed E-state index contributed by atoms with van der Waals surface area (Å²) >= 11 is 0. The number of esters is 1. The van der Waals surface area contributed by atoms with Crippen molar-refractivity contribution in [2.45, 2.75) is 12.6 Å². The van der Waals surface area contributed by atoms with E-state index in [0.29, 0.717) is 11.1 Å². The maximum absolute atomic E-state index is 14.3. The largest absolute Gasteiger partial charge is 0.466 e. The van der Waals surface area contributed by atoms with Crippen LogP contribution in [0.4, 0.5) is 8.78 Å². The van der Waals surface area contributed by atoms with E-state index in [-0.39, 0.29) is 5.56 Å². The van der Waals surface area contributed by atoms with E-state index in [9.17, 15) is 13.6 Å². The van der Waals surface area contributed by atoms with E-state index in [1.54, 1.807) is 24.3 Å². The molecule has 0 saturated carbocycles. The average Bonchev–Trinajstić information content (AvgIpc) is 2.47. The van der Waals surface area contributed by atoms with Crippen LogP contribution in [0.15, 0.2) is 48.5 Å². The van der Waals surface area contributed by atoms with Crippen molar-refractivity contribution >= 4 is 5.97 Å². The van der Waals surface area contributed by atoms with Gasteiger partial charge in [-0.3, -0.25) is 0 Å². The van der Waals surface area contributed by atoms with Gasteiger partial charge in [-0.2, -0.15) is 0 Å². The van der Waals surface area contributed by atoms with Crippen LogP contribution in [0, 0.1) is 5.82 Å². The number of ether oxygens (including phenoxy) is 1. The van der Waals surface area contributed by atoms with Crippen molar-refractivity contribution < 1.29 is 18.3 Å². The topological polar surface area (TPSA) is 26.3 Å². The second-order valence-electron chi connectivity index (χ2n) is 4.56. The Balaban J connectivity index is 2.43. The number of hydrogen-bond donors (Lipinski definition) is 0. The molecule has 0 fully saturated rings.